The van der Waals surface area contributed by atoms with Crippen LogP contribution in [0.5, 0.6) is 0 Å². The Bertz CT molecular complexity index is 1270. The summed E-state index contributed by atoms with van der Waals surface area (Å²) in [5.41, 5.74) is 8.36. The molecule has 10 nitrogen and oxygen atoms in total. The van der Waals surface area contributed by atoms with Crippen molar-refractivity contribution in [1.82, 2.24) is 25.0 Å². The van der Waals surface area contributed by atoms with Crippen LogP contribution >= 0.6 is 0 Å². The lowest BCUT2D eigenvalue weighted by molar-refractivity contribution is -0.156. The number of pyridine rings is 1. The quantitative estimate of drug-likeness (QED) is 0.455. The van der Waals surface area contributed by atoms with Gasteiger partial charge in [-0.25, -0.2) is 9.78 Å². The molecule has 4 amide bonds. The molecule has 194 valence electrons. The Labute approximate surface area is 216 Å². The van der Waals surface area contributed by atoms with Gasteiger partial charge in [-0.1, -0.05) is 43.7 Å². The number of hydrogen-bond donors (Lipinski definition) is 2. The van der Waals surface area contributed by atoms with Crippen molar-refractivity contribution in [3.05, 3.63) is 71.5 Å². The molecule has 1 aromatic carbocycles. The normalized spacial score (nSPS) is 17.7. The van der Waals surface area contributed by atoms with Crippen LogP contribution in [-0.4, -0.2) is 50.6 Å². The zero-order chi connectivity index (χ0) is 26.7. The summed E-state index contributed by atoms with van der Waals surface area (Å²) in [4.78, 5) is 47.2. The van der Waals surface area contributed by atoms with Crippen LogP contribution in [-0.2, 0) is 23.1 Å². The number of likely N-dealkylation sites (N-methyl/N-ethyl adjacent to an activating group) is 1. The minimum Gasteiger partial charge on any atom is -0.384 e. The van der Waals surface area contributed by atoms with E-state index >= 15 is 0 Å². The molecule has 0 bridgehead atoms. The second-order valence-corrected chi connectivity index (χ2v) is 9.42. The molecular weight excluding hydrogens is 470 g/mol. The third-order valence-corrected chi connectivity index (χ3v) is 6.72. The third kappa shape index (κ3) is 5.32. The lowest BCUT2D eigenvalue weighted by Crippen LogP contribution is -2.70. The van der Waals surface area contributed by atoms with Crippen molar-refractivity contribution in [2.75, 3.05) is 17.7 Å². The van der Waals surface area contributed by atoms with Gasteiger partial charge in [0.1, 0.15) is 17.7 Å². The highest BCUT2D eigenvalue weighted by Crippen LogP contribution is 2.33. The van der Waals surface area contributed by atoms with E-state index in [2.05, 4.69) is 15.4 Å². The molecule has 3 heterocycles. The van der Waals surface area contributed by atoms with Crippen LogP contribution in [0.2, 0.25) is 0 Å². The average molecular weight is 504 g/mol. The number of hydrogen-bond acceptors (Lipinski definition) is 6. The molecule has 1 fully saturated rings. The van der Waals surface area contributed by atoms with Crippen LogP contribution in [0.3, 0.4) is 0 Å². The van der Waals surface area contributed by atoms with Gasteiger partial charge in [0.15, 0.2) is 0 Å². The fraction of sp³-hybridized carbons (Fsp3) is 0.370. The van der Waals surface area contributed by atoms with E-state index in [1.807, 2.05) is 50.2 Å². The molecule has 0 spiro atoms. The lowest BCUT2D eigenvalue weighted by atomic mass is 9.81. The van der Waals surface area contributed by atoms with Crippen molar-refractivity contribution >= 4 is 29.5 Å². The molecule has 0 radical (unpaired) electrons. The van der Waals surface area contributed by atoms with E-state index in [0.29, 0.717) is 18.1 Å². The van der Waals surface area contributed by atoms with Gasteiger partial charge in [0, 0.05) is 25.9 Å². The second kappa shape index (κ2) is 10.8. The first-order valence-electron chi connectivity index (χ1n) is 12.4. The molecule has 0 aliphatic carbocycles. The first-order valence-corrected chi connectivity index (χ1v) is 12.4. The Morgan fingerprint density at radius 3 is 2.54 bits per heavy atom. The Morgan fingerprint density at radius 1 is 1.19 bits per heavy atom. The SMILES string of the molecule is CCC[C@@H](NC(=O)N1C(=O)[C@H](Cc2cc(C)nc(N)c2)[C@H]1C(=O)N(C)c1ccnn1C)c1ccccc1. The number of nitrogens with two attached hydrogens (primary N) is 1. The summed E-state index contributed by atoms with van der Waals surface area (Å²) in [6.07, 6.45) is 3.39. The summed E-state index contributed by atoms with van der Waals surface area (Å²) in [5, 5.41) is 7.12. The second-order valence-electron chi connectivity index (χ2n) is 9.42. The minimum atomic E-state index is -0.972. The van der Waals surface area contributed by atoms with E-state index < -0.39 is 23.9 Å². The van der Waals surface area contributed by atoms with E-state index in [-0.39, 0.29) is 18.4 Å². The standard InChI is InChI=1S/C27H33N7O3/c1-5-9-21(19-10-7-6-8-11-19)31-27(37)34-24(26(36)32(3)23-12-13-29-33(23)4)20(25(34)35)15-18-14-17(2)30-22(28)16-18/h6-8,10-14,16,20-21,24H,5,9,15H2,1-4H3,(H2,28,30)(H,31,37)/t20-,21-,24+/m1/s1. The number of aryl methyl sites for hydroxylation is 2. The molecule has 3 N–H and O–H groups in total. The Balaban J connectivity index is 1.62. The summed E-state index contributed by atoms with van der Waals surface area (Å²) >= 11 is 0. The molecule has 1 saturated heterocycles. The van der Waals surface area contributed by atoms with Gasteiger partial charge < -0.3 is 11.1 Å². The zero-order valence-corrected chi connectivity index (χ0v) is 21.6. The van der Waals surface area contributed by atoms with Gasteiger partial charge in [0.25, 0.3) is 5.91 Å². The number of nitrogen functional groups attached to an aromatic ring is 1. The highest BCUT2D eigenvalue weighted by Gasteiger charge is 2.55. The summed E-state index contributed by atoms with van der Waals surface area (Å²) < 4.78 is 1.57. The maximum Gasteiger partial charge on any atom is 0.325 e. The number of amides is 4. The molecule has 3 atom stereocenters. The summed E-state index contributed by atoms with van der Waals surface area (Å²) in [5.74, 6) is -0.576. The van der Waals surface area contributed by atoms with Crippen LogP contribution in [0.15, 0.2) is 54.7 Å². The number of β-lactam (4-membered cyclic amide) rings is 1. The van der Waals surface area contributed by atoms with E-state index in [9.17, 15) is 14.4 Å². The molecule has 3 aromatic rings. The minimum absolute atomic E-state index is 0.267. The predicted molar refractivity (Wildman–Crippen MR) is 140 cm³/mol. The molecule has 0 unspecified atom stereocenters. The summed E-state index contributed by atoms with van der Waals surface area (Å²) in [6, 6.07) is 13.0. The number of carbonyl (C=O) groups is 3. The van der Waals surface area contributed by atoms with E-state index in [1.165, 1.54) is 4.90 Å². The van der Waals surface area contributed by atoms with Crippen molar-refractivity contribution in [2.24, 2.45) is 13.0 Å². The van der Waals surface area contributed by atoms with Crippen molar-refractivity contribution in [3.63, 3.8) is 0 Å². The third-order valence-electron chi connectivity index (χ3n) is 6.72. The van der Waals surface area contributed by atoms with Crippen LogP contribution in [0.25, 0.3) is 0 Å². The molecule has 0 saturated carbocycles. The van der Waals surface area contributed by atoms with Gasteiger partial charge >= 0.3 is 6.03 Å². The maximum atomic E-state index is 13.7. The number of nitrogens with one attached hydrogen (secondary N) is 1. The summed E-state index contributed by atoms with van der Waals surface area (Å²) in [7, 11) is 3.35. The van der Waals surface area contributed by atoms with E-state index in [0.717, 1.165) is 28.1 Å². The summed E-state index contributed by atoms with van der Waals surface area (Å²) in [6.45, 7) is 3.85. The van der Waals surface area contributed by atoms with Gasteiger partial charge in [-0.3, -0.25) is 24.1 Å². The van der Waals surface area contributed by atoms with Crippen molar-refractivity contribution in [2.45, 2.75) is 45.2 Å². The molecule has 2 aromatic heterocycles. The van der Waals surface area contributed by atoms with Crippen LogP contribution < -0.4 is 16.0 Å². The van der Waals surface area contributed by atoms with E-state index in [4.69, 9.17) is 5.73 Å². The Morgan fingerprint density at radius 2 is 1.92 bits per heavy atom. The lowest BCUT2D eigenvalue weighted by Gasteiger charge is -2.46. The molecule has 1 aliphatic heterocycles. The Hall–Kier alpha value is -4.21. The van der Waals surface area contributed by atoms with Crippen LogP contribution in [0.4, 0.5) is 16.4 Å². The number of carbonyl (C=O) groups excluding carboxylic acids is 3. The number of rotatable bonds is 8. The fourth-order valence-electron chi connectivity index (χ4n) is 4.92. The first-order chi connectivity index (χ1) is 17.7. The van der Waals surface area contributed by atoms with Crippen molar-refractivity contribution in [1.29, 1.82) is 0 Å². The fourth-order valence-corrected chi connectivity index (χ4v) is 4.92. The zero-order valence-electron chi connectivity index (χ0n) is 21.6. The van der Waals surface area contributed by atoms with Crippen molar-refractivity contribution < 1.29 is 14.4 Å². The van der Waals surface area contributed by atoms with Gasteiger partial charge in [0.2, 0.25) is 5.91 Å². The number of nitrogens with zero attached hydrogens (tertiary/aromatic N) is 5. The first kappa shape index (κ1) is 25.9. The number of likely N-dealkylation sites (tertiary alicyclic amines) is 1. The number of aromatic nitrogens is 3. The number of urea groups is 1. The van der Waals surface area contributed by atoms with Crippen molar-refractivity contribution in [3.8, 4) is 0 Å². The largest absolute Gasteiger partial charge is 0.384 e. The highest BCUT2D eigenvalue weighted by atomic mass is 16.2. The topological polar surface area (TPSA) is 126 Å². The Kier molecular flexibility index (Phi) is 7.56. The molecule has 4 rings (SSSR count). The average Bonchev–Trinajstić information content (AvgIpc) is 3.30. The molecular formula is C27H33N7O3. The van der Waals surface area contributed by atoms with Crippen LogP contribution in [0, 0.1) is 12.8 Å². The number of benzene rings is 1. The van der Waals surface area contributed by atoms with E-state index in [1.54, 1.807) is 37.1 Å². The maximum absolute atomic E-state index is 13.7. The van der Waals surface area contributed by atoms with Gasteiger partial charge in [0.05, 0.1) is 18.2 Å². The smallest absolute Gasteiger partial charge is 0.325 e. The number of anilines is 2. The van der Waals surface area contributed by atoms with Gasteiger partial charge in [-0.15, -0.1) is 0 Å². The molecule has 10 heteroatoms. The molecule has 1 aliphatic rings. The molecule has 37 heavy (non-hydrogen) atoms. The number of imide groups is 1. The van der Waals surface area contributed by atoms with Gasteiger partial charge in [-0.2, -0.15) is 5.10 Å². The highest BCUT2D eigenvalue weighted by molar-refractivity contribution is 6.12. The monoisotopic (exact) mass is 503 g/mol. The van der Waals surface area contributed by atoms with Gasteiger partial charge in [-0.05, 0) is 43.0 Å². The van der Waals surface area contributed by atoms with Crippen LogP contribution in [0.1, 0.15) is 42.6 Å². The predicted octanol–water partition coefficient (Wildman–Crippen LogP) is 2.99.